The summed E-state index contributed by atoms with van der Waals surface area (Å²) in [5, 5.41) is 11.1. The van der Waals surface area contributed by atoms with Gasteiger partial charge in [0.1, 0.15) is 5.82 Å². The van der Waals surface area contributed by atoms with Crippen molar-refractivity contribution in [3.05, 3.63) is 60.9 Å². The Bertz CT molecular complexity index is 816. The molecular weight excluding hydrogens is 439 g/mol. The van der Waals surface area contributed by atoms with Gasteiger partial charge in [0.05, 0.1) is 5.52 Å². The molecule has 0 fully saturated rings. The molecule has 2 aromatic heterocycles. The highest BCUT2D eigenvalue weighted by molar-refractivity contribution is 14.0. The predicted octanol–water partition coefficient (Wildman–Crippen LogP) is 2.93. The Labute approximate surface area is 171 Å². The molecule has 0 saturated heterocycles. The third-order valence-corrected chi connectivity index (χ3v) is 3.87. The normalized spacial score (nSPS) is 11.0. The molecule has 0 amide bonds. The van der Waals surface area contributed by atoms with Gasteiger partial charge in [-0.25, -0.2) is 4.98 Å². The number of guanidine groups is 1. The molecule has 0 aliphatic heterocycles. The Morgan fingerprint density at radius 3 is 2.54 bits per heavy atom. The quantitative estimate of drug-likeness (QED) is 0.218. The molecule has 0 unspecified atom stereocenters. The predicted molar refractivity (Wildman–Crippen MR) is 119 cm³/mol. The highest BCUT2D eigenvalue weighted by atomic mass is 127. The molecule has 0 bridgehead atoms. The number of fused-ring (bicyclic) bond motifs is 1. The van der Waals surface area contributed by atoms with Gasteiger partial charge in [-0.15, -0.1) is 24.0 Å². The molecule has 2 heterocycles. The van der Waals surface area contributed by atoms with Crippen LogP contribution in [0, 0.1) is 0 Å². The molecule has 0 spiro atoms. The zero-order valence-corrected chi connectivity index (χ0v) is 17.2. The van der Waals surface area contributed by atoms with Crippen molar-refractivity contribution in [2.24, 2.45) is 4.99 Å². The topological polar surface area (TPSA) is 66.3 Å². The van der Waals surface area contributed by atoms with E-state index in [2.05, 4.69) is 55.0 Å². The molecule has 138 valence electrons. The Kier molecular flexibility index (Phi) is 8.20. The van der Waals surface area contributed by atoms with Crippen LogP contribution in [0.15, 0.2) is 65.9 Å². The number of para-hydroxylation sites is 1. The van der Waals surface area contributed by atoms with Crippen LogP contribution in [0.3, 0.4) is 0 Å². The van der Waals surface area contributed by atoms with Crippen molar-refractivity contribution in [3.63, 3.8) is 0 Å². The minimum absolute atomic E-state index is 0. The highest BCUT2D eigenvalue weighted by Gasteiger charge is 1.99. The minimum atomic E-state index is 0. The van der Waals surface area contributed by atoms with Crippen molar-refractivity contribution in [2.75, 3.05) is 32.0 Å². The van der Waals surface area contributed by atoms with E-state index in [4.69, 9.17) is 0 Å². The van der Waals surface area contributed by atoms with Crippen LogP contribution in [0.5, 0.6) is 0 Å². The summed E-state index contributed by atoms with van der Waals surface area (Å²) in [5.41, 5.74) is 1.00. The molecule has 6 nitrogen and oxygen atoms in total. The summed E-state index contributed by atoms with van der Waals surface area (Å²) in [6, 6.07) is 16.3. The second kappa shape index (κ2) is 10.6. The van der Waals surface area contributed by atoms with Gasteiger partial charge in [0, 0.05) is 51.0 Å². The van der Waals surface area contributed by atoms with E-state index >= 15 is 0 Å². The zero-order chi connectivity index (χ0) is 17.3. The Balaban J connectivity index is 0.00000243. The van der Waals surface area contributed by atoms with Gasteiger partial charge in [0.15, 0.2) is 5.96 Å². The first kappa shape index (κ1) is 20.0. The lowest BCUT2D eigenvalue weighted by atomic mass is 10.2. The van der Waals surface area contributed by atoms with Crippen molar-refractivity contribution in [2.45, 2.75) is 6.54 Å². The van der Waals surface area contributed by atoms with Gasteiger partial charge in [-0.2, -0.15) is 0 Å². The van der Waals surface area contributed by atoms with Crippen molar-refractivity contribution < 1.29 is 0 Å². The number of benzene rings is 1. The maximum Gasteiger partial charge on any atom is 0.191 e. The van der Waals surface area contributed by atoms with E-state index in [1.54, 1.807) is 7.05 Å². The van der Waals surface area contributed by atoms with Gasteiger partial charge >= 0.3 is 0 Å². The first-order valence-electron chi connectivity index (χ1n) is 8.50. The number of rotatable bonds is 7. The smallest absolute Gasteiger partial charge is 0.191 e. The molecule has 7 heteroatoms. The van der Waals surface area contributed by atoms with E-state index in [-0.39, 0.29) is 24.0 Å². The summed E-state index contributed by atoms with van der Waals surface area (Å²) in [6.07, 6.45) is 4.11. The lowest BCUT2D eigenvalue weighted by molar-refractivity contribution is 0.666. The molecule has 0 aliphatic carbocycles. The molecule has 3 aromatic rings. The molecular formula is C19H25IN6. The van der Waals surface area contributed by atoms with Gasteiger partial charge in [-0.05, 0) is 30.3 Å². The van der Waals surface area contributed by atoms with Crippen LogP contribution in [0.25, 0.3) is 10.9 Å². The van der Waals surface area contributed by atoms with Gasteiger partial charge < -0.3 is 20.5 Å². The van der Waals surface area contributed by atoms with E-state index in [0.717, 1.165) is 48.9 Å². The van der Waals surface area contributed by atoms with Gasteiger partial charge in [-0.1, -0.05) is 18.2 Å². The van der Waals surface area contributed by atoms with Crippen LogP contribution >= 0.6 is 24.0 Å². The minimum Gasteiger partial charge on any atom is -0.368 e. The second-order valence-electron chi connectivity index (χ2n) is 5.66. The fraction of sp³-hybridized carbons (Fsp3) is 0.263. The molecule has 0 aliphatic rings. The van der Waals surface area contributed by atoms with Crippen LogP contribution in [0.2, 0.25) is 0 Å². The Morgan fingerprint density at radius 1 is 0.962 bits per heavy atom. The summed E-state index contributed by atoms with van der Waals surface area (Å²) >= 11 is 0. The number of aromatic nitrogens is 2. The van der Waals surface area contributed by atoms with E-state index in [1.165, 1.54) is 0 Å². The van der Waals surface area contributed by atoms with Gasteiger partial charge in [0.2, 0.25) is 0 Å². The standard InChI is InChI=1S/C19H24N6.HI/c1-20-19(23-12-15-25-13-4-5-14-25)22-11-10-21-18-9-8-16-6-2-3-7-17(16)24-18;/h2-9,13-14H,10-12,15H2,1H3,(H,21,24)(H2,20,22,23);1H. The Hall–Kier alpha value is -2.29. The summed E-state index contributed by atoms with van der Waals surface area (Å²) in [6.45, 7) is 3.27. The lowest BCUT2D eigenvalue weighted by Crippen LogP contribution is -2.40. The highest BCUT2D eigenvalue weighted by Crippen LogP contribution is 2.13. The first-order valence-corrected chi connectivity index (χ1v) is 8.50. The molecule has 0 radical (unpaired) electrons. The molecule has 3 N–H and O–H groups in total. The SMILES string of the molecule is CN=C(NCCNc1ccc2ccccc2n1)NCCn1cccc1.I. The van der Waals surface area contributed by atoms with Crippen LogP contribution in [0.4, 0.5) is 5.82 Å². The number of aliphatic imine (C=N–C) groups is 1. The average molecular weight is 464 g/mol. The van der Waals surface area contributed by atoms with E-state index in [0.29, 0.717) is 0 Å². The largest absolute Gasteiger partial charge is 0.368 e. The molecule has 0 atom stereocenters. The maximum absolute atomic E-state index is 4.60. The van der Waals surface area contributed by atoms with Crippen molar-refractivity contribution in [1.82, 2.24) is 20.2 Å². The van der Waals surface area contributed by atoms with Gasteiger partial charge in [0.25, 0.3) is 0 Å². The third-order valence-electron chi connectivity index (χ3n) is 3.87. The monoisotopic (exact) mass is 464 g/mol. The summed E-state index contributed by atoms with van der Waals surface area (Å²) < 4.78 is 2.13. The molecule has 0 saturated carbocycles. The number of hydrogen-bond acceptors (Lipinski definition) is 3. The zero-order valence-electron chi connectivity index (χ0n) is 14.9. The third kappa shape index (κ3) is 5.91. The number of pyridine rings is 1. The number of hydrogen-bond donors (Lipinski definition) is 3. The van der Waals surface area contributed by atoms with Gasteiger partial charge in [-0.3, -0.25) is 4.99 Å². The maximum atomic E-state index is 4.60. The summed E-state index contributed by atoms with van der Waals surface area (Å²) in [4.78, 5) is 8.84. The van der Waals surface area contributed by atoms with Crippen LogP contribution in [-0.2, 0) is 6.54 Å². The molecule has 26 heavy (non-hydrogen) atoms. The number of anilines is 1. The molecule has 3 rings (SSSR count). The van der Waals surface area contributed by atoms with E-state index in [1.807, 2.05) is 36.4 Å². The lowest BCUT2D eigenvalue weighted by Gasteiger charge is -2.13. The summed E-state index contributed by atoms with van der Waals surface area (Å²) in [7, 11) is 1.78. The van der Waals surface area contributed by atoms with Crippen LogP contribution in [-0.4, -0.2) is 42.2 Å². The fourth-order valence-corrected chi connectivity index (χ4v) is 2.58. The number of halogens is 1. The first-order chi connectivity index (χ1) is 12.3. The van der Waals surface area contributed by atoms with Crippen molar-refractivity contribution >= 4 is 46.7 Å². The Morgan fingerprint density at radius 2 is 1.73 bits per heavy atom. The average Bonchev–Trinajstić information content (AvgIpc) is 3.17. The number of nitrogens with one attached hydrogen (secondary N) is 3. The molecule has 1 aromatic carbocycles. The van der Waals surface area contributed by atoms with E-state index in [9.17, 15) is 0 Å². The number of nitrogens with zero attached hydrogens (tertiary/aromatic N) is 3. The van der Waals surface area contributed by atoms with Crippen LogP contribution < -0.4 is 16.0 Å². The fourth-order valence-electron chi connectivity index (χ4n) is 2.58. The second-order valence-corrected chi connectivity index (χ2v) is 5.66. The summed E-state index contributed by atoms with van der Waals surface area (Å²) in [5.74, 6) is 1.69. The van der Waals surface area contributed by atoms with Crippen molar-refractivity contribution in [1.29, 1.82) is 0 Å². The van der Waals surface area contributed by atoms with E-state index < -0.39 is 0 Å². The van der Waals surface area contributed by atoms with Crippen molar-refractivity contribution in [3.8, 4) is 0 Å². The van der Waals surface area contributed by atoms with Crippen LogP contribution in [0.1, 0.15) is 0 Å².